The Labute approximate surface area is 148 Å². The molecule has 0 bridgehead atoms. The minimum atomic E-state index is 0.141. The third-order valence-corrected chi connectivity index (χ3v) is 4.41. The van der Waals surface area contributed by atoms with E-state index in [2.05, 4.69) is 5.32 Å². The van der Waals surface area contributed by atoms with Crippen molar-refractivity contribution in [3.63, 3.8) is 0 Å². The Hall–Kier alpha value is -2.75. The van der Waals surface area contributed by atoms with Gasteiger partial charge in [0.25, 0.3) is 0 Å². The lowest BCUT2D eigenvalue weighted by Crippen LogP contribution is -2.19. The Kier molecular flexibility index (Phi) is 5.39. The smallest absolute Gasteiger partial charge is 0.163 e. The summed E-state index contributed by atoms with van der Waals surface area (Å²) in [5, 5.41) is 3.22. The van der Waals surface area contributed by atoms with E-state index < -0.39 is 0 Å². The highest BCUT2D eigenvalue weighted by atomic mass is 16.5. The molecule has 4 heteroatoms. The standard InChI is InChI=1S/C21H23NO3/c1-15-4-3-5-16(21(15)23)14-22-17-6-8-19(9-7-17)25-20-12-10-18(24-2)11-13-20/h6-15,22H,3-5H2,1-2H3. The van der Waals surface area contributed by atoms with E-state index in [4.69, 9.17) is 9.47 Å². The third-order valence-electron chi connectivity index (χ3n) is 4.41. The molecular formula is C21H23NO3. The van der Waals surface area contributed by atoms with Crippen molar-refractivity contribution in [1.29, 1.82) is 0 Å². The Morgan fingerprint density at radius 2 is 1.60 bits per heavy atom. The summed E-state index contributed by atoms with van der Waals surface area (Å²) >= 11 is 0. The molecule has 0 saturated heterocycles. The molecule has 130 valence electrons. The van der Waals surface area contributed by atoms with Gasteiger partial charge >= 0.3 is 0 Å². The van der Waals surface area contributed by atoms with E-state index in [0.717, 1.165) is 47.8 Å². The largest absolute Gasteiger partial charge is 0.497 e. The Bertz CT molecular complexity index is 748. The van der Waals surface area contributed by atoms with Crippen LogP contribution in [0.25, 0.3) is 0 Å². The van der Waals surface area contributed by atoms with Crippen LogP contribution >= 0.6 is 0 Å². The predicted octanol–water partition coefficient (Wildman–Crippen LogP) is 5.17. The highest BCUT2D eigenvalue weighted by Crippen LogP contribution is 2.26. The number of ether oxygens (including phenoxy) is 2. The summed E-state index contributed by atoms with van der Waals surface area (Å²) in [5.41, 5.74) is 1.82. The van der Waals surface area contributed by atoms with Gasteiger partial charge in [0.05, 0.1) is 7.11 Å². The molecule has 1 aliphatic rings. The third kappa shape index (κ3) is 4.41. The first-order chi connectivity index (χ1) is 12.2. The maximum atomic E-state index is 12.1. The topological polar surface area (TPSA) is 47.6 Å². The average molecular weight is 337 g/mol. The van der Waals surface area contributed by atoms with Gasteiger partial charge in [-0.15, -0.1) is 0 Å². The number of carbonyl (C=O) groups is 1. The second kappa shape index (κ2) is 7.88. The molecule has 2 aromatic carbocycles. The molecule has 4 nitrogen and oxygen atoms in total. The fourth-order valence-electron chi connectivity index (χ4n) is 2.88. The van der Waals surface area contributed by atoms with Crippen LogP contribution in [0, 0.1) is 5.92 Å². The maximum Gasteiger partial charge on any atom is 0.163 e. The fourth-order valence-corrected chi connectivity index (χ4v) is 2.88. The second-order valence-corrected chi connectivity index (χ2v) is 6.27. The molecule has 1 unspecified atom stereocenters. The van der Waals surface area contributed by atoms with E-state index in [0.29, 0.717) is 0 Å². The molecule has 0 amide bonds. The van der Waals surface area contributed by atoms with E-state index in [1.807, 2.05) is 61.7 Å². The van der Waals surface area contributed by atoms with Crippen molar-refractivity contribution in [2.24, 2.45) is 5.92 Å². The molecule has 2 aromatic rings. The van der Waals surface area contributed by atoms with Crippen LogP contribution < -0.4 is 14.8 Å². The highest BCUT2D eigenvalue weighted by molar-refractivity contribution is 5.97. The summed E-state index contributed by atoms with van der Waals surface area (Å²) in [6.07, 6.45) is 4.77. The van der Waals surface area contributed by atoms with Gasteiger partial charge in [0.2, 0.25) is 0 Å². The molecule has 0 aliphatic heterocycles. The molecule has 0 spiro atoms. The van der Waals surface area contributed by atoms with Gasteiger partial charge in [-0.1, -0.05) is 6.92 Å². The second-order valence-electron chi connectivity index (χ2n) is 6.27. The van der Waals surface area contributed by atoms with E-state index in [1.165, 1.54) is 0 Å². The Morgan fingerprint density at radius 3 is 2.24 bits per heavy atom. The SMILES string of the molecule is COc1ccc(Oc2ccc(NC=C3CCCC(C)C3=O)cc2)cc1. The van der Waals surface area contributed by atoms with Gasteiger partial charge in [-0.05, 0) is 67.8 Å². The molecule has 0 heterocycles. The number of anilines is 1. The van der Waals surface area contributed by atoms with Crippen molar-refractivity contribution in [3.8, 4) is 17.2 Å². The first kappa shape index (κ1) is 17.1. The van der Waals surface area contributed by atoms with Crippen molar-refractivity contribution in [3.05, 3.63) is 60.3 Å². The number of benzene rings is 2. The maximum absolute atomic E-state index is 12.1. The first-order valence-electron chi connectivity index (χ1n) is 8.57. The number of allylic oxidation sites excluding steroid dienone is 1. The van der Waals surface area contributed by atoms with Crippen molar-refractivity contribution in [1.82, 2.24) is 0 Å². The van der Waals surface area contributed by atoms with Crippen molar-refractivity contribution < 1.29 is 14.3 Å². The van der Waals surface area contributed by atoms with Gasteiger partial charge in [-0.3, -0.25) is 4.79 Å². The monoisotopic (exact) mass is 337 g/mol. The molecule has 1 aliphatic carbocycles. The minimum Gasteiger partial charge on any atom is -0.497 e. The average Bonchev–Trinajstić information content (AvgIpc) is 2.65. The van der Waals surface area contributed by atoms with Gasteiger partial charge in [-0.2, -0.15) is 0 Å². The van der Waals surface area contributed by atoms with Crippen LogP contribution in [0.5, 0.6) is 17.2 Å². The summed E-state index contributed by atoms with van der Waals surface area (Å²) in [7, 11) is 1.64. The van der Waals surface area contributed by atoms with E-state index in [1.54, 1.807) is 7.11 Å². The predicted molar refractivity (Wildman–Crippen MR) is 99.2 cm³/mol. The van der Waals surface area contributed by atoms with Crippen LogP contribution in [0.3, 0.4) is 0 Å². The number of nitrogens with one attached hydrogen (secondary N) is 1. The molecule has 1 N–H and O–H groups in total. The Balaban J connectivity index is 1.61. The zero-order chi connectivity index (χ0) is 17.6. The molecule has 3 rings (SSSR count). The summed E-state index contributed by atoms with van der Waals surface area (Å²) in [6.45, 7) is 2.00. The number of hydrogen-bond donors (Lipinski definition) is 1. The minimum absolute atomic E-state index is 0.141. The van der Waals surface area contributed by atoms with Gasteiger partial charge in [-0.25, -0.2) is 0 Å². The molecule has 1 saturated carbocycles. The van der Waals surface area contributed by atoms with Crippen LogP contribution in [0.4, 0.5) is 5.69 Å². The fraction of sp³-hybridized carbons (Fsp3) is 0.286. The van der Waals surface area contributed by atoms with Gasteiger partial charge < -0.3 is 14.8 Å². The van der Waals surface area contributed by atoms with Crippen LogP contribution in [-0.2, 0) is 4.79 Å². The molecule has 1 atom stereocenters. The van der Waals surface area contributed by atoms with Gasteiger partial charge in [0.15, 0.2) is 5.78 Å². The lowest BCUT2D eigenvalue weighted by molar-refractivity contribution is -0.119. The number of ketones is 1. The summed E-state index contributed by atoms with van der Waals surface area (Å²) < 4.78 is 10.9. The number of carbonyl (C=O) groups excluding carboxylic acids is 1. The summed E-state index contributed by atoms with van der Waals surface area (Å²) in [4.78, 5) is 12.1. The van der Waals surface area contributed by atoms with Crippen LogP contribution in [0.1, 0.15) is 26.2 Å². The van der Waals surface area contributed by atoms with E-state index in [9.17, 15) is 4.79 Å². The number of hydrogen-bond acceptors (Lipinski definition) is 4. The normalized spacial score (nSPS) is 18.9. The zero-order valence-electron chi connectivity index (χ0n) is 14.6. The molecule has 0 aromatic heterocycles. The van der Waals surface area contributed by atoms with Crippen molar-refractivity contribution in [2.45, 2.75) is 26.2 Å². The van der Waals surface area contributed by atoms with E-state index in [-0.39, 0.29) is 11.7 Å². The van der Waals surface area contributed by atoms with Crippen LogP contribution in [0.15, 0.2) is 60.3 Å². The number of methoxy groups -OCH3 is 1. The molecule has 0 radical (unpaired) electrons. The number of rotatable bonds is 5. The summed E-state index contributed by atoms with van der Waals surface area (Å²) in [6, 6.07) is 15.1. The molecule has 25 heavy (non-hydrogen) atoms. The van der Waals surface area contributed by atoms with Crippen LogP contribution in [-0.4, -0.2) is 12.9 Å². The van der Waals surface area contributed by atoms with Crippen LogP contribution in [0.2, 0.25) is 0 Å². The number of Topliss-reactive ketones (excluding diaryl/α,β-unsaturated/α-hetero) is 1. The molecule has 1 fully saturated rings. The van der Waals surface area contributed by atoms with E-state index >= 15 is 0 Å². The highest BCUT2D eigenvalue weighted by Gasteiger charge is 2.22. The zero-order valence-corrected chi connectivity index (χ0v) is 14.6. The lowest BCUT2D eigenvalue weighted by Gasteiger charge is -2.19. The van der Waals surface area contributed by atoms with Crippen molar-refractivity contribution in [2.75, 3.05) is 12.4 Å². The quantitative estimate of drug-likeness (QED) is 0.764. The van der Waals surface area contributed by atoms with Gasteiger partial charge in [0.1, 0.15) is 17.2 Å². The van der Waals surface area contributed by atoms with Gasteiger partial charge in [0, 0.05) is 23.4 Å². The summed E-state index contributed by atoms with van der Waals surface area (Å²) in [5.74, 6) is 2.71. The molecular weight excluding hydrogens is 314 g/mol. The first-order valence-corrected chi connectivity index (χ1v) is 8.57. The van der Waals surface area contributed by atoms with Crippen molar-refractivity contribution >= 4 is 11.5 Å². The lowest BCUT2D eigenvalue weighted by atomic mass is 9.86. The Morgan fingerprint density at radius 1 is 1.00 bits per heavy atom.